The quantitative estimate of drug-likeness (QED) is 0.531. The maximum absolute atomic E-state index is 3.53. The predicted molar refractivity (Wildman–Crippen MR) is 76.8 cm³/mol. The summed E-state index contributed by atoms with van der Waals surface area (Å²) >= 11 is 3.53. The van der Waals surface area contributed by atoms with E-state index in [1.165, 1.54) is 32.1 Å². The average Bonchev–Trinajstić information content (AvgIpc) is 2.67. The molecule has 1 fully saturated rings. The van der Waals surface area contributed by atoms with Crippen LogP contribution in [0.25, 0.3) is 0 Å². The fourth-order valence-electron chi connectivity index (χ4n) is 3.39. The number of allylic oxidation sites excluding steroid dienone is 3. The van der Waals surface area contributed by atoms with Gasteiger partial charge in [0.05, 0.1) is 0 Å². The van der Waals surface area contributed by atoms with E-state index in [9.17, 15) is 0 Å². The number of hydrogen-bond donors (Lipinski definition) is 0. The highest BCUT2D eigenvalue weighted by molar-refractivity contribution is 9.11. The van der Waals surface area contributed by atoms with Gasteiger partial charge < -0.3 is 0 Å². The smallest absolute Gasteiger partial charge is 0.00477 e. The summed E-state index contributed by atoms with van der Waals surface area (Å²) in [6, 6.07) is 0. The first-order valence-corrected chi connectivity index (χ1v) is 7.62. The molecule has 0 saturated heterocycles. The van der Waals surface area contributed by atoms with Gasteiger partial charge in [-0.25, -0.2) is 0 Å². The molecule has 0 nitrogen and oxygen atoms in total. The van der Waals surface area contributed by atoms with Gasteiger partial charge in [0.15, 0.2) is 0 Å². The molecule has 1 saturated carbocycles. The van der Waals surface area contributed by atoms with Crippen LogP contribution in [0, 0.1) is 11.3 Å². The molecule has 16 heavy (non-hydrogen) atoms. The Hall–Kier alpha value is -0.0400. The molecule has 0 spiro atoms. The minimum Gasteiger partial charge on any atom is -0.0841 e. The third-order valence-corrected chi connectivity index (χ3v) is 4.82. The van der Waals surface area contributed by atoms with Crippen LogP contribution in [0.4, 0.5) is 0 Å². The fraction of sp³-hybridized carbons (Fsp3) is 0.733. The van der Waals surface area contributed by atoms with Gasteiger partial charge in [0.1, 0.15) is 0 Å². The van der Waals surface area contributed by atoms with Crippen LogP contribution in [0.3, 0.4) is 0 Å². The first-order valence-electron chi connectivity index (χ1n) is 6.71. The van der Waals surface area contributed by atoms with Crippen molar-refractivity contribution < 1.29 is 0 Å². The maximum Gasteiger partial charge on any atom is -0.00477 e. The SMILES string of the molecule is CC.CCC1=CCC2/C(=C/Br)CCCC12C. The molecule has 0 aromatic heterocycles. The van der Waals surface area contributed by atoms with E-state index in [1.54, 1.807) is 11.1 Å². The van der Waals surface area contributed by atoms with Gasteiger partial charge in [0.25, 0.3) is 0 Å². The normalized spacial score (nSPS) is 35.2. The predicted octanol–water partition coefficient (Wildman–Crippen LogP) is 5.84. The van der Waals surface area contributed by atoms with E-state index in [0.717, 1.165) is 5.92 Å². The van der Waals surface area contributed by atoms with Crippen LogP contribution in [0.5, 0.6) is 0 Å². The topological polar surface area (TPSA) is 0 Å². The third kappa shape index (κ3) is 2.30. The maximum atomic E-state index is 3.53. The minimum absolute atomic E-state index is 0.493. The molecule has 2 unspecified atom stereocenters. The van der Waals surface area contributed by atoms with Crippen LogP contribution in [0.15, 0.2) is 22.2 Å². The van der Waals surface area contributed by atoms with Crippen molar-refractivity contribution in [3.05, 3.63) is 22.2 Å². The Morgan fingerprint density at radius 2 is 2.19 bits per heavy atom. The van der Waals surface area contributed by atoms with Crippen molar-refractivity contribution in [3.8, 4) is 0 Å². The molecule has 2 aliphatic carbocycles. The van der Waals surface area contributed by atoms with Gasteiger partial charge in [-0.1, -0.05) is 60.8 Å². The zero-order valence-electron chi connectivity index (χ0n) is 11.1. The second-order valence-electron chi connectivity index (χ2n) is 4.83. The van der Waals surface area contributed by atoms with Crippen molar-refractivity contribution in [2.45, 2.75) is 59.8 Å². The van der Waals surface area contributed by atoms with Crippen LogP contribution in [0.2, 0.25) is 0 Å². The lowest BCUT2D eigenvalue weighted by Crippen LogP contribution is -2.30. The molecule has 0 N–H and O–H groups in total. The van der Waals surface area contributed by atoms with E-state index in [2.05, 4.69) is 40.8 Å². The van der Waals surface area contributed by atoms with Crippen molar-refractivity contribution in [2.75, 3.05) is 0 Å². The molecule has 92 valence electrons. The molecule has 2 aliphatic rings. The lowest BCUT2D eigenvalue weighted by molar-refractivity contribution is 0.230. The van der Waals surface area contributed by atoms with Crippen LogP contribution >= 0.6 is 15.9 Å². The summed E-state index contributed by atoms with van der Waals surface area (Å²) in [4.78, 5) is 2.18. The highest BCUT2D eigenvalue weighted by Crippen LogP contribution is 2.55. The van der Waals surface area contributed by atoms with Gasteiger partial charge in [0.2, 0.25) is 0 Å². The van der Waals surface area contributed by atoms with Gasteiger partial charge in [-0.15, -0.1) is 0 Å². The van der Waals surface area contributed by atoms with Crippen LogP contribution in [-0.2, 0) is 0 Å². The van der Waals surface area contributed by atoms with Gasteiger partial charge in [-0.05, 0) is 48.4 Å². The van der Waals surface area contributed by atoms with Crippen LogP contribution in [-0.4, -0.2) is 0 Å². The minimum atomic E-state index is 0.493. The number of rotatable bonds is 1. The van der Waals surface area contributed by atoms with E-state index in [-0.39, 0.29) is 0 Å². The Morgan fingerprint density at radius 3 is 2.75 bits per heavy atom. The van der Waals surface area contributed by atoms with Crippen LogP contribution in [0.1, 0.15) is 59.8 Å². The summed E-state index contributed by atoms with van der Waals surface area (Å²) < 4.78 is 0. The van der Waals surface area contributed by atoms with Gasteiger partial charge in [-0.3, -0.25) is 0 Å². The molecule has 0 radical (unpaired) electrons. The molecule has 2 atom stereocenters. The first kappa shape index (κ1) is 14.0. The molecular weight excluding hydrogens is 260 g/mol. The molecule has 0 aromatic carbocycles. The fourth-order valence-corrected chi connectivity index (χ4v) is 3.93. The highest BCUT2D eigenvalue weighted by Gasteiger charge is 2.43. The Kier molecular flexibility index (Phi) is 5.30. The Bertz CT molecular complexity index is 288. The molecule has 0 aliphatic heterocycles. The molecule has 0 bridgehead atoms. The van der Waals surface area contributed by atoms with Gasteiger partial charge >= 0.3 is 0 Å². The number of hydrogen-bond acceptors (Lipinski definition) is 0. The largest absolute Gasteiger partial charge is 0.0841 e. The van der Waals surface area contributed by atoms with Crippen molar-refractivity contribution in [1.29, 1.82) is 0 Å². The monoisotopic (exact) mass is 284 g/mol. The van der Waals surface area contributed by atoms with Crippen LogP contribution < -0.4 is 0 Å². The van der Waals surface area contributed by atoms with Crippen molar-refractivity contribution in [3.63, 3.8) is 0 Å². The zero-order chi connectivity index (χ0) is 12.2. The summed E-state index contributed by atoms with van der Waals surface area (Å²) in [6.45, 7) is 8.77. The summed E-state index contributed by atoms with van der Waals surface area (Å²) in [7, 11) is 0. The Morgan fingerprint density at radius 1 is 1.50 bits per heavy atom. The molecule has 0 heterocycles. The molecule has 1 heteroatoms. The molecule has 0 amide bonds. The number of fused-ring (bicyclic) bond motifs is 1. The van der Waals surface area contributed by atoms with Crippen molar-refractivity contribution >= 4 is 15.9 Å². The first-order chi connectivity index (χ1) is 7.72. The van der Waals surface area contributed by atoms with E-state index < -0.39 is 0 Å². The Balaban J connectivity index is 0.000000606. The average molecular weight is 285 g/mol. The second-order valence-corrected chi connectivity index (χ2v) is 5.28. The summed E-state index contributed by atoms with van der Waals surface area (Å²) in [5.74, 6) is 0.797. The van der Waals surface area contributed by atoms with Crippen molar-refractivity contribution in [2.24, 2.45) is 11.3 Å². The lowest BCUT2D eigenvalue weighted by Gasteiger charge is -2.40. The highest BCUT2D eigenvalue weighted by atomic mass is 79.9. The summed E-state index contributed by atoms with van der Waals surface area (Å²) in [5.41, 5.74) is 3.83. The van der Waals surface area contributed by atoms with E-state index in [1.807, 2.05) is 13.8 Å². The van der Waals surface area contributed by atoms with E-state index in [0.29, 0.717) is 5.41 Å². The summed E-state index contributed by atoms with van der Waals surface area (Å²) in [6.07, 6.45) is 9.06. The molecule has 0 aromatic rings. The Labute approximate surface area is 109 Å². The second kappa shape index (κ2) is 6.05. The zero-order valence-corrected chi connectivity index (χ0v) is 12.7. The number of halogens is 1. The van der Waals surface area contributed by atoms with Crippen molar-refractivity contribution in [1.82, 2.24) is 0 Å². The summed E-state index contributed by atoms with van der Waals surface area (Å²) in [5, 5.41) is 0. The van der Waals surface area contributed by atoms with Gasteiger partial charge in [0, 0.05) is 0 Å². The van der Waals surface area contributed by atoms with Gasteiger partial charge in [-0.2, -0.15) is 0 Å². The molecular formula is C15H25Br. The lowest BCUT2D eigenvalue weighted by atomic mass is 9.64. The van der Waals surface area contributed by atoms with E-state index >= 15 is 0 Å². The molecule has 2 rings (SSSR count). The standard InChI is InChI=1S/C13H19Br.C2H6/c1-3-11-6-7-12-10(9-14)5-4-8-13(11,12)2;1-2/h6,9,12H,3-5,7-8H2,1-2H3;1-2H3/b10-9+;. The third-order valence-electron chi connectivity index (χ3n) is 4.23. The van der Waals surface area contributed by atoms with E-state index in [4.69, 9.17) is 0 Å².